The van der Waals surface area contributed by atoms with Crippen molar-refractivity contribution < 1.29 is 13.2 Å². The van der Waals surface area contributed by atoms with Gasteiger partial charge in [-0.25, -0.2) is 4.79 Å². The predicted molar refractivity (Wildman–Crippen MR) is 67.0 cm³/mol. The number of halogens is 3. The fourth-order valence-corrected chi connectivity index (χ4v) is 1.71. The number of rotatable bonds is 4. The van der Waals surface area contributed by atoms with Crippen LogP contribution in [0.25, 0.3) is 0 Å². The Morgan fingerprint density at radius 1 is 1.47 bits per heavy atom. The van der Waals surface area contributed by atoms with E-state index in [9.17, 15) is 22.8 Å². The number of nitrogens with two attached hydrogens (primary N) is 1. The molecule has 106 valence electrons. The molecular formula is C10H12F3N3O2S. The summed E-state index contributed by atoms with van der Waals surface area (Å²) in [5.41, 5.74) is 3.39. The molecule has 0 aliphatic carbocycles. The molecule has 1 aromatic rings. The normalized spacial score (nSPS) is 13.3. The zero-order valence-corrected chi connectivity index (χ0v) is 10.8. The van der Waals surface area contributed by atoms with Crippen LogP contribution in [-0.4, -0.2) is 20.3 Å². The lowest BCUT2D eigenvalue weighted by molar-refractivity contribution is -0.158. The van der Waals surface area contributed by atoms with Crippen LogP contribution >= 0.6 is 12.2 Å². The third-order valence-electron chi connectivity index (χ3n) is 2.58. The van der Waals surface area contributed by atoms with E-state index in [2.05, 4.69) is 12.2 Å². The lowest BCUT2D eigenvalue weighted by Crippen LogP contribution is -2.46. The van der Waals surface area contributed by atoms with Crippen molar-refractivity contribution >= 4 is 17.2 Å². The van der Waals surface area contributed by atoms with Crippen molar-refractivity contribution in [3.63, 3.8) is 0 Å². The maximum absolute atomic E-state index is 12.7. The second-order valence-electron chi connectivity index (χ2n) is 3.83. The van der Waals surface area contributed by atoms with Crippen LogP contribution in [0.4, 0.5) is 13.2 Å². The van der Waals surface area contributed by atoms with Gasteiger partial charge in [0.1, 0.15) is 5.92 Å². The average Bonchev–Trinajstić information content (AvgIpc) is 2.26. The summed E-state index contributed by atoms with van der Waals surface area (Å²) in [6, 6.07) is 1.03. The van der Waals surface area contributed by atoms with E-state index >= 15 is 0 Å². The Kier molecular flexibility index (Phi) is 4.51. The van der Waals surface area contributed by atoms with Crippen molar-refractivity contribution in [2.24, 2.45) is 11.7 Å². The molecule has 0 aliphatic rings. The van der Waals surface area contributed by atoms with E-state index in [4.69, 9.17) is 5.73 Å². The van der Waals surface area contributed by atoms with Crippen molar-refractivity contribution in [1.82, 2.24) is 9.13 Å². The molecule has 0 fully saturated rings. The van der Waals surface area contributed by atoms with E-state index in [0.717, 1.165) is 10.6 Å². The molecule has 1 heterocycles. The third kappa shape index (κ3) is 3.43. The maximum Gasteiger partial charge on any atom is 0.399 e. The van der Waals surface area contributed by atoms with Gasteiger partial charge in [-0.3, -0.25) is 9.36 Å². The standard InChI is InChI=1S/C10H12F3N3O2S/c1-2-15-4-3-7(17)16(9(15)18)5-6(8(14)19)10(11,12)13/h3-4,6H,2,5H2,1H3,(H2,14,19). The number of hydrogen-bond acceptors (Lipinski definition) is 3. The molecule has 19 heavy (non-hydrogen) atoms. The van der Waals surface area contributed by atoms with Gasteiger partial charge in [0.05, 0.1) is 4.99 Å². The molecule has 5 nitrogen and oxygen atoms in total. The Morgan fingerprint density at radius 2 is 2.05 bits per heavy atom. The average molecular weight is 295 g/mol. The fraction of sp³-hybridized carbons (Fsp3) is 0.500. The molecule has 1 aromatic heterocycles. The number of aryl methyl sites for hydroxylation is 1. The second-order valence-corrected chi connectivity index (χ2v) is 4.30. The smallest absolute Gasteiger partial charge is 0.393 e. The molecule has 0 aromatic carbocycles. The Bertz CT molecular complexity index is 591. The summed E-state index contributed by atoms with van der Waals surface area (Å²) in [6.07, 6.45) is -3.48. The molecule has 1 atom stereocenters. The molecule has 0 aliphatic heterocycles. The van der Waals surface area contributed by atoms with Crippen molar-refractivity contribution in [3.05, 3.63) is 33.1 Å². The van der Waals surface area contributed by atoms with E-state index in [1.165, 1.54) is 6.20 Å². The van der Waals surface area contributed by atoms with Crippen LogP contribution in [0.15, 0.2) is 21.9 Å². The third-order valence-corrected chi connectivity index (χ3v) is 2.87. The molecule has 0 saturated carbocycles. The zero-order valence-electron chi connectivity index (χ0n) is 9.98. The number of aromatic nitrogens is 2. The van der Waals surface area contributed by atoms with E-state index < -0.39 is 34.9 Å². The summed E-state index contributed by atoms with van der Waals surface area (Å²) in [7, 11) is 0. The van der Waals surface area contributed by atoms with E-state index in [1.807, 2.05) is 0 Å². The highest BCUT2D eigenvalue weighted by Gasteiger charge is 2.42. The first-order valence-corrected chi connectivity index (χ1v) is 5.75. The monoisotopic (exact) mass is 295 g/mol. The Balaban J connectivity index is 3.29. The van der Waals surface area contributed by atoms with Gasteiger partial charge >= 0.3 is 11.9 Å². The van der Waals surface area contributed by atoms with Gasteiger partial charge in [0.2, 0.25) is 0 Å². The highest BCUT2D eigenvalue weighted by Crippen LogP contribution is 2.27. The quantitative estimate of drug-likeness (QED) is 0.821. The van der Waals surface area contributed by atoms with Crippen LogP contribution in [0, 0.1) is 5.92 Å². The highest BCUT2D eigenvalue weighted by atomic mass is 32.1. The van der Waals surface area contributed by atoms with Crippen molar-refractivity contribution in [1.29, 1.82) is 0 Å². The number of alkyl halides is 3. The molecule has 1 unspecified atom stereocenters. The van der Waals surface area contributed by atoms with Crippen LogP contribution in [-0.2, 0) is 13.1 Å². The van der Waals surface area contributed by atoms with Gasteiger partial charge in [0.25, 0.3) is 5.56 Å². The van der Waals surface area contributed by atoms with Crippen molar-refractivity contribution in [2.75, 3.05) is 0 Å². The van der Waals surface area contributed by atoms with Gasteiger partial charge in [0.15, 0.2) is 0 Å². The Morgan fingerprint density at radius 3 is 2.47 bits per heavy atom. The highest BCUT2D eigenvalue weighted by molar-refractivity contribution is 7.80. The van der Waals surface area contributed by atoms with Crippen LogP contribution in [0.1, 0.15) is 6.92 Å². The molecule has 1 rings (SSSR count). The summed E-state index contributed by atoms with van der Waals surface area (Å²) >= 11 is 4.35. The minimum absolute atomic E-state index is 0.239. The molecule has 0 spiro atoms. The van der Waals surface area contributed by atoms with Crippen LogP contribution in [0.3, 0.4) is 0 Å². The molecular weight excluding hydrogens is 283 g/mol. The van der Waals surface area contributed by atoms with Crippen molar-refractivity contribution in [2.45, 2.75) is 26.2 Å². The largest absolute Gasteiger partial charge is 0.399 e. The molecule has 0 saturated heterocycles. The minimum Gasteiger partial charge on any atom is -0.393 e. The summed E-state index contributed by atoms with van der Waals surface area (Å²) in [6.45, 7) is 0.964. The zero-order chi connectivity index (χ0) is 14.8. The first-order chi connectivity index (χ1) is 8.68. The lowest BCUT2D eigenvalue weighted by Gasteiger charge is -2.19. The molecule has 0 bridgehead atoms. The van der Waals surface area contributed by atoms with E-state index in [1.54, 1.807) is 6.92 Å². The number of hydrogen-bond donors (Lipinski definition) is 1. The second kappa shape index (κ2) is 5.55. The van der Waals surface area contributed by atoms with Crippen LogP contribution in [0.2, 0.25) is 0 Å². The van der Waals surface area contributed by atoms with Crippen LogP contribution in [0.5, 0.6) is 0 Å². The maximum atomic E-state index is 12.7. The Labute approximate surface area is 111 Å². The van der Waals surface area contributed by atoms with Gasteiger partial charge in [-0.15, -0.1) is 0 Å². The molecule has 0 amide bonds. The molecule has 2 N–H and O–H groups in total. The number of thiocarbonyl (C=S) groups is 1. The van der Waals surface area contributed by atoms with Crippen molar-refractivity contribution in [3.8, 4) is 0 Å². The lowest BCUT2D eigenvalue weighted by atomic mass is 10.1. The first kappa shape index (κ1) is 15.4. The van der Waals surface area contributed by atoms with Gasteiger partial charge in [-0.2, -0.15) is 13.2 Å². The minimum atomic E-state index is -4.70. The van der Waals surface area contributed by atoms with Gasteiger partial charge in [0, 0.05) is 25.4 Å². The van der Waals surface area contributed by atoms with Gasteiger partial charge < -0.3 is 10.3 Å². The number of nitrogens with zero attached hydrogens (tertiary/aromatic N) is 2. The van der Waals surface area contributed by atoms with Crippen LogP contribution < -0.4 is 17.0 Å². The van der Waals surface area contributed by atoms with E-state index in [-0.39, 0.29) is 6.54 Å². The van der Waals surface area contributed by atoms with Gasteiger partial charge in [-0.05, 0) is 6.92 Å². The first-order valence-electron chi connectivity index (χ1n) is 5.34. The summed E-state index contributed by atoms with van der Waals surface area (Å²) in [5, 5.41) is 0. The summed E-state index contributed by atoms with van der Waals surface area (Å²) < 4.78 is 39.7. The fourth-order valence-electron chi connectivity index (χ4n) is 1.50. The summed E-state index contributed by atoms with van der Waals surface area (Å²) in [4.78, 5) is 22.5. The Hall–Kier alpha value is -1.64. The van der Waals surface area contributed by atoms with E-state index in [0.29, 0.717) is 4.57 Å². The SMILES string of the molecule is CCn1ccc(=O)n(CC(C(N)=S)C(F)(F)F)c1=O. The summed E-state index contributed by atoms with van der Waals surface area (Å²) in [5.74, 6) is -2.21. The van der Waals surface area contributed by atoms with Gasteiger partial charge in [-0.1, -0.05) is 12.2 Å². The topological polar surface area (TPSA) is 70.0 Å². The predicted octanol–water partition coefficient (Wildman–Crippen LogP) is 0.495. The molecule has 0 radical (unpaired) electrons. The molecule has 9 heteroatoms.